The standard InChI is InChI=1S/C15H15NO4/c1-8-4-5-11(7-12(8)15(18)19)16-14(17)13-6-9(2)20-10(13)3/h4-7H,1-3H3,(H,16,17)(H,18,19). The zero-order chi connectivity index (χ0) is 14.9. The highest BCUT2D eigenvalue weighted by Crippen LogP contribution is 2.19. The number of carboxylic acids is 1. The van der Waals surface area contributed by atoms with Crippen LogP contribution in [0.3, 0.4) is 0 Å². The van der Waals surface area contributed by atoms with Crippen molar-refractivity contribution in [3.8, 4) is 0 Å². The van der Waals surface area contributed by atoms with E-state index in [9.17, 15) is 9.59 Å². The van der Waals surface area contributed by atoms with Gasteiger partial charge in [0.2, 0.25) is 0 Å². The van der Waals surface area contributed by atoms with Crippen molar-refractivity contribution in [2.45, 2.75) is 20.8 Å². The Morgan fingerprint density at radius 3 is 2.35 bits per heavy atom. The van der Waals surface area contributed by atoms with E-state index in [0.717, 1.165) is 0 Å². The lowest BCUT2D eigenvalue weighted by Crippen LogP contribution is -2.13. The molecule has 5 heteroatoms. The summed E-state index contributed by atoms with van der Waals surface area (Å²) in [5.41, 5.74) is 1.70. The molecule has 0 spiro atoms. The Morgan fingerprint density at radius 1 is 1.10 bits per heavy atom. The van der Waals surface area contributed by atoms with Crippen molar-refractivity contribution < 1.29 is 19.1 Å². The van der Waals surface area contributed by atoms with Crippen molar-refractivity contribution in [1.29, 1.82) is 0 Å². The van der Waals surface area contributed by atoms with E-state index in [2.05, 4.69) is 5.32 Å². The number of carbonyl (C=O) groups is 2. The van der Waals surface area contributed by atoms with Gasteiger partial charge in [0.15, 0.2) is 0 Å². The molecule has 1 aromatic heterocycles. The van der Waals surface area contributed by atoms with Gasteiger partial charge < -0.3 is 14.8 Å². The highest BCUT2D eigenvalue weighted by atomic mass is 16.4. The number of aromatic carboxylic acids is 1. The van der Waals surface area contributed by atoms with Crippen molar-refractivity contribution in [2.24, 2.45) is 0 Å². The fourth-order valence-electron chi connectivity index (χ4n) is 1.98. The minimum absolute atomic E-state index is 0.169. The number of rotatable bonds is 3. The molecule has 0 radical (unpaired) electrons. The number of benzene rings is 1. The normalized spacial score (nSPS) is 10.3. The van der Waals surface area contributed by atoms with Crippen molar-refractivity contribution in [3.63, 3.8) is 0 Å². The molecule has 0 saturated carbocycles. The van der Waals surface area contributed by atoms with Crippen LogP contribution in [0.15, 0.2) is 28.7 Å². The Hall–Kier alpha value is -2.56. The highest BCUT2D eigenvalue weighted by molar-refractivity contribution is 6.05. The number of carbonyl (C=O) groups excluding carboxylic acids is 1. The number of furan rings is 1. The zero-order valence-electron chi connectivity index (χ0n) is 11.5. The van der Waals surface area contributed by atoms with Crippen LogP contribution in [0, 0.1) is 20.8 Å². The third kappa shape index (κ3) is 2.71. The van der Waals surface area contributed by atoms with Crippen LogP contribution < -0.4 is 5.32 Å². The lowest BCUT2D eigenvalue weighted by Gasteiger charge is -2.07. The third-order valence-corrected chi connectivity index (χ3v) is 3.01. The molecule has 104 valence electrons. The minimum Gasteiger partial charge on any atom is -0.478 e. The van der Waals surface area contributed by atoms with Crippen LogP contribution in [-0.4, -0.2) is 17.0 Å². The van der Waals surface area contributed by atoms with Crippen LogP contribution in [-0.2, 0) is 0 Å². The SMILES string of the molecule is Cc1cc(C(=O)Nc2ccc(C)c(C(=O)O)c2)c(C)o1. The molecular weight excluding hydrogens is 258 g/mol. The van der Waals surface area contributed by atoms with Gasteiger partial charge in [0.05, 0.1) is 11.1 Å². The van der Waals surface area contributed by atoms with Gasteiger partial charge in [0.1, 0.15) is 11.5 Å². The number of aryl methyl sites for hydroxylation is 3. The van der Waals surface area contributed by atoms with Gasteiger partial charge in [-0.05, 0) is 44.5 Å². The van der Waals surface area contributed by atoms with Crippen molar-refractivity contribution in [1.82, 2.24) is 0 Å². The van der Waals surface area contributed by atoms with E-state index in [1.54, 1.807) is 39.0 Å². The average molecular weight is 273 g/mol. The molecule has 1 amide bonds. The highest BCUT2D eigenvalue weighted by Gasteiger charge is 2.15. The van der Waals surface area contributed by atoms with E-state index in [1.807, 2.05) is 0 Å². The number of nitrogens with one attached hydrogen (secondary N) is 1. The smallest absolute Gasteiger partial charge is 0.336 e. The fraction of sp³-hybridized carbons (Fsp3) is 0.200. The molecule has 0 aliphatic carbocycles. The Kier molecular flexibility index (Phi) is 3.61. The van der Waals surface area contributed by atoms with E-state index in [0.29, 0.717) is 28.3 Å². The summed E-state index contributed by atoms with van der Waals surface area (Å²) in [5, 5.41) is 11.7. The lowest BCUT2D eigenvalue weighted by atomic mass is 10.1. The molecule has 0 aliphatic heterocycles. The third-order valence-electron chi connectivity index (χ3n) is 3.01. The van der Waals surface area contributed by atoms with Gasteiger partial charge in [-0.15, -0.1) is 0 Å². The first-order chi connectivity index (χ1) is 9.38. The van der Waals surface area contributed by atoms with E-state index in [1.165, 1.54) is 6.07 Å². The van der Waals surface area contributed by atoms with Gasteiger partial charge in [-0.3, -0.25) is 4.79 Å². The topological polar surface area (TPSA) is 79.5 Å². The molecule has 0 fully saturated rings. The maximum Gasteiger partial charge on any atom is 0.336 e. The number of hydrogen-bond acceptors (Lipinski definition) is 3. The summed E-state index contributed by atoms with van der Waals surface area (Å²) in [6.07, 6.45) is 0. The van der Waals surface area contributed by atoms with Crippen molar-refractivity contribution in [2.75, 3.05) is 5.32 Å². The largest absolute Gasteiger partial charge is 0.478 e. The molecule has 20 heavy (non-hydrogen) atoms. The van der Waals surface area contributed by atoms with Crippen LogP contribution in [0.25, 0.3) is 0 Å². The summed E-state index contributed by atoms with van der Waals surface area (Å²) in [6.45, 7) is 5.18. The molecule has 1 heterocycles. The van der Waals surface area contributed by atoms with Crippen LogP contribution in [0.1, 0.15) is 37.8 Å². The van der Waals surface area contributed by atoms with Gasteiger partial charge in [-0.25, -0.2) is 4.79 Å². The van der Waals surface area contributed by atoms with Gasteiger partial charge >= 0.3 is 5.97 Å². The first-order valence-corrected chi connectivity index (χ1v) is 6.11. The van der Waals surface area contributed by atoms with E-state index in [4.69, 9.17) is 9.52 Å². The van der Waals surface area contributed by atoms with Gasteiger partial charge in [0, 0.05) is 5.69 Å². The molecule has 5 nitrogen and oxygen atoms in total. The summed E-state index contributed by atoms with van der Waals surface area (Å²) >= 11 is 0. The Balaban J connectivity index is 2.26. The van der Waals surface area contributed by atoms with Crippen LogP contribution in [0.5, 0.6) is 0 Å². The number of carboxylic acid groups (broad SMARTS) is 1. The predicted octanol–water partition coefficient (Wildman–Crippen LogP) is 3.16. The van der Waals surface area contributed by atoms with E-state index >= 15 is 0 Å². The molecular formula is C15H15NO4. The Labute approximate surface area is 116 Å². The lowest BCUT2D eigenvalue weighted by molar-refractivity contribution is 0.0695. The molecule has 2 aromatic rings. The first kappa shape index (κ1) is 13.9. The monoisotopic (exact) mass is 273 g/mol. The number of anilines is 1. The molecule has 2 N–H and O–H groups in total. The zero-order valence-corrected chi connectivity index (χ0v) is 11.5. The summed E-state index contributed by atoms with van der Waals surface area (Å²) in [5.74, 6) is -0.151. The average Bonchev–Trinajstić information content (AvgIpc) is 2.70. The number of hydrogen-bond donors (Lipinski definition) is 2. The summed E-state index contributed by atoms with van der Waals surface area (Å²) in [6, 6.07) is 6.42. The fourth-order valence-corrected chi connectivity index (χ4v) is 1.98. The second kappa shape index (κ2) is 5.21. The van der Waals surface area contributed by atoms with Gasteiger partial charge in [-0.1, -0.05) is 6.07 Å². The minimum atomic E-state index is -1.02. The molecule has 0 saturated heterocycles. The molecule has 1 aromatic carbocycles. The molecule has 0 aliphatic rings. The Bertz CT molecular complexity index is 685. The molecule has 0 unspecified atom stereocenters. The quantitative estimate of drug-likeness (QED) is 0.900. The van der Waals surface area contributed by atoms with Gasteiger partial charge in [0.25, 0.3) is 5.91 Å². The summed E-state index contributed by atoms with van der Waals surface area (Å²) < 4.78 is 5.30. The molecule has 2 rings (SSSR count). The molecule has 0 atom stereocenters. The van der Waals surface area contributed by atoms with Crippen LogP contribution >= 0.6 is 0 Å². The van der Waals surface area contributed by atoms with Crippen molar-refractivity contribution in [3.05, 3.63) is 52.5 Å². The first-order valence-electron chi connectivity index (χ1n) is 6.11. The second-order valence-electron chi connectivity index (χ2n) is 4.62. The van der Waals surface area contributed by atoms with E-state index < -0.39 is 5.97 Å². The van der Waals surface area contributed by atoms with Crippen LogP contribution in [0.4, 0.5) is 5.69 Å². The summed E-state index contributed by atoms with van der Waals surface area (Å²) in [7, 11) is 0. The summed E-state index contributed by atoms with van der Waals surface area (Å²) in [4.78, 5) is 23.2. The maximum absolute atomic E-state index is 12.1. The second-order valence-corrected chi connectivity index (χ2v) is 4.62. The number of amides is 1. The van der Waals surface area contributed by atoms with Crippen molar-refractivity contribution >= 4 is 17.6 Å². The maximum atomic E-state index is 12.1. The molecule has 0 bridgehead atoms. The predicted molar refractivity (Wildman–Crippen MR) is 74.3 cm³/mol. The van der Waals surface area contributed by atoms with E-state index in [-0.39, 0.29) is 11.5 Å². The van der Waals surface area contributed by atoms with Gasteiger partial charge in [-0.2, -0.15) is 0 Å². The van der Waals surface area contributed by atoms with Crippen LogP contribution in [0.2, 0.25) is 0 Å². The Morgan fingerprint density at radius 2 is 1.80 bits per heavy atom.